The van der Waals surface area contributed by atoms with Crippen LogP contribution in [-0.2, 0) is 17.7 Å². The number of pyridine rings is 1. The van der Waals surface area contributed by atoms with Gasteiger partial charge >= 0.3 is 6.09 Å². The van der Waals surface area contributed by atoms with E-state index in [2.05, 4.69) is 22.0 Å². The molecule has 7 heteroatoms. The van der Waals surface area contributed by atoms with Gasteiger partial charge in [0.25, 0.3) is 5.91 Å². The standard InChI is InChI=1S/C24H30N4O3/c1-24(2,3)31-23(30)27-14-12-26(13-15-27)20-8-7-18-9-11-28(22(29)21(18)16-20)17-19-6-4-5-10-25-19/h4-8,10,16H,9,11-15,17H2,1-3H3. The third kappa shape index (κ3) is 4.98. The van der Waals surface area contributed by atoms with Crippen molar-refractivity contribution < 1.29 is 14.3 Å². The zero-order valence-electron chi connectivity index (χ0n) is 18.5. The predicted octanol–water partition coefficient (Wildman–Crippen LogP) is 3.34. The number of nitrogens with zero attached hydrogens (tertiary/aromatic N) is 4. The van der Waals surface area contributed by atoms with Gasteiger partial charge in [-0.25, -0.2) is 4.79 Å². The zero-order chi connectivity index (χ0) is 22.0. The molecular formula is C24H30N4O3. The van der Waals surface area contributed by atoms with Crippen LogP contribution in [0, 0.1) is 0 Å². The summed E-state index contributed by atoms with van der Waals surface area (Å²) < 4.78 is 5.48. The van der Waals surface area contributed by atoms with Gasteiger partial charge in [0.05, 0.1) is 12.2 Å². The molecule has 2 aliphatic heterocycles. The summed E-state index contributed by atoms with van der Waals surface area (Å²) in [6.07, 6.45) is 2.34. The molecule has 31 heavy (non-hydrogen) atoms. The first kappa shape index (κ1) is 21.2. The van der Waals surface area contributed by atoms with Gasteiger partial charge in [0.2, 0.25) is 0 Å². The van der Waals surface area contributed by atoms with Gasteiger partial charge in [0, 0.05) is 50.2 Å². The Kier molecular flexibility index (Phi) is 5.85. The predicted molar refractivity (Wildman–Crippen MR) is 119 cm³/mol. The van der Waals surface area contributed by atoms with Gasteiger partial charge in [-0.15, -0.1) is 0 Å². The van der Waals surface area contributed by atoms with E-state index in [1.54, 1.807) is 11.1 Å². The SMILES string of the molecule is CC(C)(C)OC(=O)N1CCN(c2ccc3c(c2)C(=O)N(Cc2ccccn2)CC3)CC1. The molecule has 2 amide bonds. The third-order valence-electron chi connectivity index (χ3n) is 5.64. The molecule has 0 N–H and O–H groups in total. The maximum atomic E-state index is 13.1. The van der Waals surface area contributed by atoms with E-state index in [4.69, 9.17) is 4.74 Å². The second-order valence-corrected chi connectivity index (χ2v) is 9.09. The minimum absolute atomic E-state index is 0.0566. The van der Waals surface area contributed by atoms with Crippen molar-refractivity contribution in [3.05, 3.63) is 59.4 Å². The molecule has 0 unspecified atom stereocenters. The van der Waals surface area contributed by atoms with Crippen LogP contribution in [0.3, 0.4) is 0 Å². The largest absolute Gasteiger partial charge is 0.444 e. The molecule has 1 aromatic heterocycles. The Morgan fingerprint density at radius 1 is 1.06 bits per heavy atom. The summed E-state index contributed by atoms with van der Waals surface area (Å²) in [7, 11) is 0. The molecule has 4 rings (SSSR count). The van der Waals surface area contributed by atoms with Crippen LogP contribution in [0.25, 0.3) is 0 Å². The first-order valence-corrected chi connectivity index (χ1v) is 10.9. The molecule has 0 saturated carbocycles. The average Bonchev–Trinajstić information content (AvgIpc) is 2.75. The molecular weight excluding hydrogens is 392 g/mol. The van der Waals surface area contributed by atoms with Crippen molar-refractivity contribution in [3.8, 4) is 0 Å². The van der Waals surface area contributed by atoms with E-state index in [0.29, 0.717) is 39.3 Å². The van der Waals surface area contributed by atoms with Crippen LogP contribution in [0.5, 0.6) is 0 Å². The number of carbonyl (C=O) groups is 2. The number of fused-ring (bicyclic) bond motifs is 1. The lowest BCUT2D eigenvalue weighted by molar-refractivity contribution is 0.0240. The summed E-state index contributed by atoms with van der Waals surface area (Å²) in [6.45, 7) is 9.49. The molecule has 0 radical (unpaired) electrons. The average molecular weight is 423 g/mol. The summed E-state index contributed by atoms with van der Waals surface area (Å²) in [4.78, 5) is 35.6. The van der Waals surface area contributed by atoms with Crippen LogP contribution >= 0.6 is 0 Å². The van der Waals surface area contributed by atoms with Crippen molar-refractivity contribution in [1.29, 1.82) is 0 Å². The Morgan fingerprint density at radius 3 is 2.52 bits per heavy atom. The molecule has 0 aliphatic carbocycles. The highest BCUT2D eigenvalue weighted by Crippen LogP contribution is 2.26. The lowest BCUT2D eigenvalue weighted by Gasteiger charge is -2.37. The van der Waals surface area contributed by atoms with Crippen LogP contribution < -0.4 is 4.90 Å². The Hall–Kier alpha value is -3.09. The van der Waals surface area contributed by atoms with Crippen molar-refractivity contribution in [2.45, 2.75) is 39.3 Å². The Morgan fingerprint density at radius 2 is 1.84 bits per heavy atom. The zero-order valence-corrected chi connectivity index (χ0v) is 18.5. The monoisotopic (exact) mass is 422 g/mol. The van der Waals surface area contributed by atoms with E-state index in [9.17, 15) is 9.59 Å². The number of ether oxygens (including phenoxy) is 1. The van der Waals surface area contributed by atoms with E-state index in [-0.39, 0.29) is 12.0 Å². The highest BCUT2D eigenvalue weighted by molar-refractivity contribution is 5.97. The van der Waals surface area contributed by atoms with Gasteiger partial charge in [-0.2, -0.15) is 0 Å². The van der Waals surface area contributed by atoms with Crippen LogP contribution in [0.1, 0.15) is 42.4 Å². The van der Waals surface area contributed by atoms with E-state index in [1.807, 2.05) is 49.9 Å². The summed E-state index contributed by atoms with van der Waals surface area (Å²) in [5.41, 5.74) is 3.30. The number of hydrogen-bond donors (Lipinski definition) is 0. The van der Waals surface area contributed by atoms with Gasteiger partial charge in [0.15, 0.2) is 0 Å². The number of anilines is 1. The molecule has 1 aromatic carbocycles. The normalized spacial score (nSPS) is 16.9. The summed E-state index contributed by atoms with van der Waals surface area (Å²) in [5, 5.41) is 0. The molecule has 2 aliphatic rings. The number of benzene rings is 1. The van der Waals surface area contributed by atoms with Crippen LogP contribution in [-0.4, -0.2) is 65.1 Å². The Labute approximate surface area is 183 Å². The summed E-state index contributed by atoms with van der Waals surface area (Å²) in [6, 6.07) is 11.9. The van der Waals surface area contributed by atoms with Gasteiger partial charge in [-0.05, 0) is 57.0 Å². The molecule has 7 nitrogen and oxygen atoms in total. The maximum Gasteiger partial charge on any atom is 0.410 e. The smallest absolute Gasteiger partial charge is 0.410 e. The van der Waals surface area contributed by atoms with Crippen molar-refractivity contribution in [3.63, 3.8) is 0 Å². The maximum absolute atomic E-state index is 13.1. The minimum atomic E-state index is -0.492. The Bertz CT molecular complexity index is 947. The van der Waals surface area contributed by atoms with Gasteiger partial charge in [0.1, 0.15) is 5.60 Å². The quantitative estimate of drug-likeness (QED) is 0.759. The van der Waals surface area contributed by atoms with Crippen LogP contribution in [0.4, 0.5) is 10.5 Å². The molecule has 0 atom stereocenters. The number of rotatable bonds is 3. The molecule has 3 heterocycles. The van der Waals surface area contributed by atoms with Crippen molar-refractivity contribution in [1.82, 2.24) is 14.8 Å². The van der Waals surface area contributed by atoms with Crippen molar-refractivity contribution in [2.75, 3.05) is 37.6 Å². The van der Waals surface area contributed by atoms with Crippen LogP contribution in [0.15, 0.2) is 42.6 Å². The molecule has 0 bridgehead atoms. The summed E-state index contributed by atoms with van der Waals surface area (Å²) in [5.74, 6) is 0.0566. The van der Waals surface area contributed by atoms with E-state index < -0.39 is 5.60 Å². The highest BCUT2D eigenvalue weighted by atomic mass is 16.6. The second-order valence-electron chi connectivity index (χ2n) is 9.09. The van der Waals surface area contributed by atoms with E-state index in [0.717, 1.165) is 28.9 Å². The summed E-state index contributed by atoms with van der Waals surface area (Å²) >= 11 is 0. The first-order chi connectivity index (χ1) is 14.8. The lowest BCUT2D eigenvalue weighted by atomic mass is 9.97. The number of carbonyl (C=O) groups excluding carboxylic acids is 2. The second kappa shape index (κ2) is 8.57. The molecule has 164 valence electrons. The molecule has 1 saturated heterocycles. The first-order valence-electron chi connectivity index (χ1n) is 10.9. The van der Waals surface area contributed by atoms with Gasteiger partial charge < -0.3 is 19.4 Å². The lowest BCUT2D eigenvalue weighted by Crippen LogP contribution is -2.50. The number of amides is 2. The fourth-order valence-electron chi connectivity index (χ4n) is 4.02. The van der Waals surface area contributed by atoms with Gasteiger partial charge in [-0.3, -0.25) is 9.78 Å². The highest BCUT2D eigenvalue weighted by Gasteiger charge is 2.28. The molecule has 1 fully saturated rings. The van der Waals surface area contributed by atoms with Crippen molar-refractivity contribution in [2.24, 2.45) is 0 Å². The molecule has 0 spiro atoms. The van der Waals surface area contributed by atoms with E-state index >= 15 is 0 Å². The Balaban J connectivity index is 1.42. The molecule has 2 aromatic rings. The third-order valence-corrected chi connectivity index (χ3v) is 5.64. The van der Waals surface area contributed by atoms with Crippen molar-refractivity contribution >= 4 is 17.7 Å². The van der Waals surface area contributed by atoms with Crippen LogP contribution in [0.2, 0.25) is 0 Å². The van der Waals surface area contributed by atoms with E-state index in [1.165, 1.54) is 0 Å². The minimum Gasteiger partial charge on any atom is -0.444 e. The topological polar surface area (TPSA) is 66.0 Å². The number of piperazine rings is 1. The fourth-order valence-corrected chi connectivity index (χ4v) is 4.02. The fraction of sp³-hybridized carbons (Fsp3) is 0.458. The number of aromatic nitrogens is 1. The van der Waals surface area contributed by atoms with Gasteiger partial charge in [-0.1, -0.05) is 12.1 Å². The number of hydrogen-bond acceptors (Lipinski definition) is 5.